The van der Waals surface area contributed by atoms with Crippen LogP contribution in [0, 0.1) is 0 Å². The third-order valence-electron chi connectivity index (χ3n) is 3.57. The maximum absolute atomic E-state index is 12.1. The normalized spacial score (nSPS) is 24.4. The van der Waals surface area contributed by atoms with Crippen LogP contribution in [0.5, 0.6) is 0 Å². The molecule has 1 atom stereocenters. The summed E-state index contributed by atoms with van der Waals surface area (Å²) in [6, 6.07) is 1.71. The average molecular weight is 232 g/mol. The van der Waals surface area contributed by atoms with Crippen LogP contribution in [0.1, 0.15) is 30.9 Å². The van der Waals surface area contributed by atoms with Gasteiger partial charge in [0.1, 0.15) is 11.9 Å². The van der Waals surface area contributed by atoms with E-state index in [2.05, 4.69) is 16.8 Å². The van der Waals surface area contributed by atoms with Crippen LogP contribution in [0.15, 0.2) is 11.1 Å². The summed E-state index contributed by atoms with van der Waals surface area (Å²) in [7, 11) is 1.79. The third kappa shape index (κ3) is 1.66. The van der Waals surface area contributed by atoms with Gasteiger partial charge in [-0.1, -0.05) is 0 Å². The van der Waals surface area contributed by atoms with Crippen molar-refractivity contribution < 1.29 is 4.79 Å². The van der Waals surface area contributed by atoms with Crippen LogP contribution in [0.2, 0.25) is 0 Å². The minimum atomic E-state index is -0.328. The molecule has 1 aliphatic heterocycles. The van der Waals surface area contributed by atoms with E-state index in [4.69, 9.17) is 0 Å². The first-order chi connectivity index (χ1) is 8.20. The van der Waals surface area contributed by atoms with Crippen LogP contribution in [0.25, 0.3) is 0 Å². The fourth-order valence-corrected chi connectivity index (χ4v) is 2.31. The molecule has 0 spiro atoms. The number of aromatic nitrogens is 2. The number of hydrogen-bond acceptors (Lipinski definition) is 3. The van der Waals surface area contributed by atoms with Crippen LogP contribution >= 0.6 is 0 Å². The van der Waals surface area contributed by atoms with Gasteiger partial charge in [0.05, 0.1) is 5.69 Å². The Hall–Kier alpha value is -1.65. The number of fused-ring (bicyclic) bond motifs is 1. The number of rotatable bonds is 2. The van der Waals surface area contributed by atoms with Crippen LogP contribution < -0.4 is 4.90 Å². The van der Waals surface area contributed by atoms with Gasteiger partial charge in [-0.15, -0.1) is 0 Å². The van der Waals surface area contributed by atoms with E-state index >= 15 is 0 Å². The molecule has 0 radical (unpaired) electrons. The first kappa shape index (κ1) is 10.5. The molecule has 2 aliphatic rings. The number of nitrogens with zero attached hydrogens (tertiary/aromatic N) is 4. The molecule has 1 fully saturated rings. The summed E-state index contributed by atoms with van der Waals surface area (Å²) in [5.74, 6) is 1.52. The lowest BCUT2D eigenvalue weighted by Gasteiger charge is -2.16. The number of anilines is 1. The predicted octanol–water partition coefficient (Wildman–Crippen LogP) is 1.20. The van der Waals surface area contributed by atoms with E-state index < -0.39 is 0 Å². The smallest absolute Gasteiger partial charge is 0.252 e. The zero-order chi connectivity index (χ0) is 12.0. The Balaban J connectivity index is 1.96. The summed E-state index contributed by atoms with van der Waals surface area (Å²) < 4.78 is 1.93. The highest BCUT2D eigenvalue weighted by atomic mass is 16.2. The Bertz CT molecular complexity index is 475. The van der Waals surface area contributed by atoms with E-state index in [-0.39, 0.29) is 11.9 Å². The molecular formula is C12H16N4O. The highest BCUT2D eigenvalue weighted by Gasteiger charge is 2.32. The van der Waals surface area contributed by atoms with Crippen molar-refractivity contribution in [1.82, 2.24) is 9.78 Å². The summed E-state index contributed by atoms with van der Waals surface area (Å²) in [5.41, 5.74) is 1.13. The summed E-state index contributed by atoms with van der Waals surface area (Å²) in [5, 5.41) is 4.59. The topological polar surface area (TPSA) is 50.5 Å². The summed E-state index contributed by atoms with van der Waals surface area (Å²) in [6.45, 7) is 4.22. The van der Waals surface area contributed by atoms with Gasteiger partial charge in [-0.3, -0.25) is 14.7 Å². The first-order valence-corrected chi connectivity index (χ1v) is 6.02. The van der Waals surface area contributed by atoms with E-state index in [1.807, 2.05) is 10.7 Å². The number of carbonyl (C=O) groups excluding carboxylic acids is 1. The second kappa shape index (κ2) is 3.68. The molecule has 2 heterocycles. The molecular weight excluding hydrogens is 216 g/mol. The fourth-order valence-electron chi connectivity index (χ4n) is 2.31. The van der Waals surface area contributed by atoms with Gasteiger partial charge in [0.2, 0.25) is 0 Å². The Morgan fingerprint density at radius 2 is 2.24 bits per heavy atom. The van der Waals surface area contributed by atoms with Crippen LogP contribution in [-0.2, 0) is 11.3 Å². The molecule has 1 amide bonds. The molecule has 1 aromatic rings. The minimum absolute atomic E-state index is 0.0148. The van der Waals surface area contributed by atoms with Crippen LogP contribution in [-0.4, -0.2) is 35.5 Å². The number of carbonyl (C=O) groups is 1. The molecule has 0 aromatic carbocycles. The van der Waals surface area contributed by atoms with Crippen molar-refractivity contribution in [3.8, 4) is 0 Å². The second-order valence-corrected chi connectivity index (χ2v) is 4.81. The molecule has 0 bridgehead atoms. The average Bonchev–Trinajstić information content (AvgIpc) is 3.10. The fraction of sp³-hybridized carbons (Fsp3) is 0.583. The van der Waals surface area contributed by atoms with E-state index in [0.717, 1.165) is 18.1 Å². The monoisotopic (exact) mass is 232 g/mol. The SMILES string of the molecule is C=NC1CCn2nc(C3CC3)cc2N(C)C1=O. The maximum atomic E-state index is 12.1. The molecule has 1 saturated carbocycles. The zero-order valence-corrected chi connectivity index (χ0v) is 9.96. The van der Waals surface area contributed by atoms with Gasteiger partial charge in [-0.25, -0.2) is 4.68 Å². The van der Waals surface area contributed by atoms with Gasteiger partial charge in [0.15, 0.2) is 0 Å². The number of aliphatic imine (C=N–C) groups is 1. The van der Waals surface area contributed by atoms with Gasteiger partial charge in [0.25, 0.3) is 5.91 Å². The van der Waals surface area contributed by atoms with Crippen LogP contribution in [0.3, 0.4) is 0 Å². The van der Waals surface area contributed by atoms with Crippen molar-refractivity contribution >= 4 is 18.4 Å². The van der Waals surface area contributed by atoms with E-state index in [1.165, 1.54) is 12.8 Å². The van der Waals surface area contributed by atoms with Gasteiger partial charge >= 0.3 is 0 Å². The van der Waals surface area contributed by atoms with E-state index in [0.29, 0.717) is 12.3 Å². The highest BCUT2D eigenvalue weighted by Crippen LogP contribution is 2.40. The number of hydrogen-bond donors (Lipinski definition) is 0. The Morgan fingerprint density at radius 3 is 2.88 bits per heavy atom. The summed E-state index contributed by atoms with van der Waals surface area (Å²) >= 11 is 0. The first-order valence-electron chi connectivity index (χ1n) is 6.02. The minimum Gasteiger partial charge on any atom is -0.298 e. The standard InChI is InChI=1S/C12H16N4O/c1-13-9-5-6-16-11(15(2)12(9)17)7-10(14-16)8-3-4-8/h7-9H,1,3-6H2,2H3. The quantitative estimate of drug-likeness (QED) is 0.719. The molecule has 0 saturated heterocycles. The van der Waals surface area contributed by atoms with Gasteiger partial charge in [0, 0.05) is 25.6 Å². The Morgan fingerprint density at radius 1 is 1.47 bits per heavy atom. The lowest BCUT2D eigenvalue weighted by atomic mass is 10.2. The van der Waals surface area contributed by atoms with Gasteiger partial charge in [-0.2, -0.15) is 5.10 Å². The van der Waals surface area contributed by atoms with Crippen molar-refractivity contribution in [1.29, 1.82) is 0 Å². The molecule has 5 nitrogen and oxygen atoms in total. The van der Waals surface area contributed by atoms with Crippen molar-refractivity contribution in [2.24, 2.45) is 4.99 Å². The molecule has 3 rings (SSSR count). The summed E-state index contributed by atoms with van der Waals surface area (Å²) in [6.07, 6.45) is 3.14. The van der Waals surface area contributed by atoms with Gasteiger partial charge in [-0.05, 0) is 26.0 Å². The van der Waals surface area contributed by atoms with Crippen molar-refractivity contribution in [3.05, 3.63) is 11.8 Å². The molecule has 90 valence electrons. The number of likely N-dealkylation sites (N-methyl/N-ethyl adjacent to an activating group) is 1. The molecule has 1 unspecified atom stereocenters. The molecule has 17 heavy (non-hydrogen) atoms. The van der Waals surface area contributed by atoms with Gasteiger partial charge < -0.3 is 0 Å². The highest BCUT2D eigenvalue weighted by molar-refractivity contribution is 5.96. The lowest BCUT2D eigenvalue weighted by molar-refractivity contribution is -0.119. The molecule has 1 aliphatic carbocycles. The molecule has 1 aromatic heterocycles. The van der Waals surface area contributed by atoms with Crippen molar-refractivity contribution in [2.45, 2.75) is 37.8 Å². The van der Waals surface area contributed by atoms with Crippen LogP contribution in [0.4, 0.5) is 5.82 Å². The second-order valence-electron chi connectivity index (χ2n) is 4.81. The number of aryl methyl sites for hydroxylation is 1. The number of amides is 1. The lowest BCUT2D eigenvalue weighted by Crippen LogP contribution is -2.34. The van der Waals surface area contributed by atoms with E-state index in [1.54, 1.807) is 11.9 Å². The molecule has 5 heteroatoms. The van der Waals surface area contributed by atoms with E-state index in [9.17, 15) is 4.79 Å². The molecule has 0 N–H and O–H groups in total. The summed E-state index contributed by atoms with van der Waals surface area (Å²) in [4.78, 5) is 17.6. The maximum Gasteiger partial charge on any atom is 0.252 e. The predicted molar refractivity (Wildman–Crippen MR) is 65.6 cm³/mol. The Kier molecular flexibility index (Phi) is 2.28. The zero-order valence-electron chi connectivity index (χ0n) is 9.96. The largest absolute Gasteiger partial charge is 0.298 e. The third-order valence-corrected chi connectivity index (χ3v) is 3.57. The van der Waals surface area contributed by atoms with Crippen molar-refractivity contribution in [3.63, 3.8) is 0 Å². The van der Waals surface area contributed by atoms with Crippen molar-refractivity contribution in [2.75, 3.05) is 11.9 Å². The Labute approximate surface area is 100 Å².